The van der Waals surface area contributed by atoms with E-state index in [4.69, 9.17) is 5.11 Å². The molecule has 1 rings (SSSR count). The van der Waals surface area contributed by atoms with Crippen LogP contribution in [0, 0.1) is 0 Å². The summed E-state index contributed by atoms with van der Waals surface area (Å²) in [6.45, 7) is 6.29. The second-order valence-electron chi connectivity index (χ2n) is 4.79. The molecule has 0 heterocycles. The van der Waals surface area contributed by atoms with Crippen LogP contribution < -0.4 is 5.32 Å². The number of hydrogen-bond donors (Lipinski definition) is 2. The third-order valence-corrected chi connectivity index (χ3v) is 3.39. The van der Waals surface area contributed by atoms with Crippen molar-refractivity contribution in [2.45, 2.75) is 50.5 Å². The molecule has 1 aliphatic rings. The Hall–Kier alpha value is -0.220. The topological polar surface area (TPSA) is 49.3 Å². The fourth-order valence-corrected chi connectivity index (χ4v) is 1.90. The normalized spacial score (nSPS) is 26.9. The van der Waals surface area contributed by atoms with Crippen LogP contribution >= 0.6 is 11.8 Å². The van der Waals surface area contributed by atoms with Crippen LogP contribution in [0.2, 0.25) is 0 Å². The maximum Gasteiger partial charge on any atom is 0.230 e. The highest BCUT2D eigenvalue weighted by Gasteiger charge is 2.28. The monoisotopic (exact) mass is 217 g/mol. The van der Waals surface area contributed by atoms with E-state index in [1.165, 1.54) is 0 Å². The molecule has 2 N–H and O–H groups in total. The zero-order valence-corrected chi connectivity index (χ0v) is 9.86. The van der Waals surface area contributed by atoms with Gasteiger partial charge in [0.15, 0.2) is 0 Å². The summed E-state index contributed by atoms with van der Waals surface area (Å²) < 4.78 is 0.135. The quantitative estimate of drug-likeness (QED) is 0.746. The summed E-state index contributed by atoms with van der Waals surface area (Å²) in [5.74, 6) is 0.595. The second kappa shape index (κ2) is 4.53. The number of carbonyl (C=O) groups excluding carboxylic acids is 1. The number of aliphatic hydroxyl groups is 1. The number of amides is 1. The van der Waals surface area contributed by atoms with E-state index in [-0.39, 0.29) is 22.8 Å². The number of carbonyl (C=O) groups is 1. The Bertz CT molecular complexity index is 207. The number of rotatable bonds is 3. The van der Waals surface area contributed by atoms with Crippen molar-refractivity contribution in [3.63, 3.8) is 0 Å². The predicted octanol–water partition coefficient (Wildman–Crippen LogP) is 1.16. The Labute approximate surface area is 89.6 Å². The molecule has 1 aliphatic carbocycles. The molecule has 1 fully saturated rings. The summed E-state index contributed by atoms with van der Waals surface area (Å²) in [5, 5.41) is 11.9. The zero-order chi connectivity index (χ0) is 10.8. The summed E-state index contributed by atoms with van der Waals surface area (Å²) in [6.07, 6.45) is 1.23. The standard InChI is InChI=1S/C10H19NO2S/c1-10(2,3)14-6-9(13)11-7-4-8(12)5-7/h7-8,12H,4-6H2,1-3H3,(H,11,13). The van der Waals surface area contributed by atoms with Crippen molar-refractivity contribution in [3.8, 4) is 0 Å². The molecule has 4 heteroatoms. The average molecular weight is 217 g/mol. The highest BCUT2D eigenvalue weighted by Crippen LogP contribution is 2.23. The van der Waals surface area contributed by atoms with E-state index < -0.39 is 0 Å². The van der Waals surface area contributed by atoms with Crippen LogP contribution in [0.4, 0.5) is 0 Å². The van der Waals surface area contributed by atoms with Gasteiger partial charge >= 0.3 is 0 Å². The molecular formula is C10H19NO2S. The van der Waals surface area contributed by atoms with Crippen LogP contribution in [-0.2, 0) is 4.79 Å². The number of nitrogens with one attached hydrogen (secondary N) is 1. The minimum Gasteiger partial charge on any atom is -0.393 e. The predicted molar refractivity (Wildman–Crippen MR) is 59.4 cm³/mol. The van der Waals surface area contributed by atoms with Gasteiger partial charge in [-0.2, -0.15) is 0 Å². The minimum atomic E-state index is -0.199. The molecule has 0 bridgehead atoms. The van der Waals surface area contributed by atoms with Crippen molar-refractivity contribution in [2.75, 3.05) is 5.75 Å². The van der Waals surface area contributed by atoms with Crippen LogP contribution in [0.1, 0.15) is 33.6 Å². The van der Waals surface area contributed by atoms with E-state index >= 15 is 0 Å². The van der Waals surface area contributed by atoms with E-state index in [9.17, 15) is 4.79 Å². The lowest BCUT2D eigenvalue weighted by Gasteiger charge is -2.32. The molecule has 1 amide bonds. The molecule has 0 aromatic rings. The Morgan fingerprint density at radius 1 is 1.50 bits per heavy atom. The van der Waals surface area contributed by atoms with E-state index in [2.05, 4.69) is 26.1 Å². The summed E-state index contributed by atoms with van der Waals surface area (Å²) >= 11 is 1.64. The Morgan fingerprint density at radius 3 is 2.50 bits per heavy atom. The molecular weight excluding hydrogens is 198 g/mol. The van der Waals surface area contributed by atoms with Crippen molar-refractivity contribution >= 4 is 17.7 Å². The van der Waals surface area contributed by atoms with Crippen molar-refractivity contribution < 1.29 is 9.90 Å². The van der Waals surface area contributed by atoms with Crippen molar-refractivity contribution in [2.24, 2.45) is 0 Å². The minimum absolute atomic E-state index is 0.0850. The van der Waals surface area contributed by atoms with Crippen molar-refractivity contribution in [1.82, 2.24) is 5.32 Å². The molecule has 82 valence electrons. The number of aliphatic hydroxyl groups excluding tert-OH is 1. The highest BCUT2D eigenvalue weighted by atomic mass is 32.2. The second-order valence-corrected chi connectivity index (χ2v) is 6.59. The third kappa shape index (κ3) is 4.33. The van der Waals surface area contributed by atoms with Gasteiger partial charge in [0.1, 0.15) is 0 Å². The first-order valence-electron chi connectivity index (χ1n) is 4.98. The molecule has 0 radical (unpaired) electrons. The van der Waals surface area contributed by atoms with E-state index in [1.807, 2.05) is 0 Å². The highest BCUT2D eigenvalue weighted by molar-refractivity contribution is 8.01. The molecule has 0 aromatic carbocycles. The fourth-order valence-electron chi connectivity index (χ4n) is 1.26. The van der Waals surface area contributed by atoms with Crippen molar-refractivity contribution in [1.29, 1.82) is 0 Å². The van der Waals surface area contributed by atoms with Crippen LogP contribution in [-0.4, -0.2) is 33.7 Å². The largest absolute Gasteiger partial charge is 0.393 e. The van der Waals surface area contributed by atoms with E-state index in [0.29, 0.717) is 18.6 Å². The van der Waals surface area contributed by atoms with Gasteiger partial charge in [0.25, 0.3) is 0 Å². The average Bonchev–Trinajstić information content (AvgIpc) is 1.97. The van der Waals surface area contributed by atoms with Crippen LogP contribution in [0.5, 0.6) is 0 Å². The van der Waals surface area contributed by atoms with Gasteiger partial charge in [-0.05, 0) is 12.8 Å². The molecule has 14 heavy (non-hydrogen) atoms. The molecule has 0 atom stereocenters. The molecule has 0 unspecified atom stereocenters. The Morgan fingerprint density at radius 2 is 2.07 bits per heavy atom. The maximum absolute atomic E-state index is 11.4. The molecule has 3 nitrogen and oxygen atoms in total. The number of thioether (sulfide) groups is 1. The molecule has 0 saturated heterocycles. The van der Waals surface area contributed by atoms with Gasteiger partial charge in [0, 0.05) is 10.8 Å². The van der Waals surface area contributed by atoms with Gasteiger partial charge in [-0.25, -0.2) is 0 Å². The Kier molecular flexibility index (Phi) is 3.84. The maximum atomic E-state index is 11.4. The lowest BCUT2D eigenvalue weighted by Crippen LogP contribution is -2.47. The van der Waals surface area contributed by atoms with Crippen LogP contribution in [0.25, 0.3) is 0 Å². The molecule has 0 aliphatic heterocycles. The first kappa shape index (κ1) is 11.9. The summed E-state index contributed by atoms with van der Waals surface area (Å²) in [4.78, 5) is 11.4. The third-order valence-electron chi connectivity index (χ3n) is 2.11. The number of hydrogen-bond acceptors (Lipinski definition) is 3. The molecule has 1 saturated carbocycles. The SMILES string of the molecule is CC(C)(C)SCC(=O)NC1CC(O)C1. The van der Waals surface area contributed by atoms with Crippen LogP contribution in [0.15, 0.2) is 0 Å². The first-order chi connectivity index (χ1) is 6.37. The van der Waals surface area contributed by atoms with Gasteiger partial charge in [0.05, 0.1) is 11.9 Å². The summed E-state index contributed by atoms with van der Waals surface area (Å²) in [7, 11) is 0. The lowest BCUT2D eigenvalue weighted by atomic mass is 9.89. The van der Waals surface area contributed by atoms with Crippen LogP contribution in [0.3, 0.4) is 0 Å². The first-order valence-corrected chi connectivity index (χ1v) is 5.97. The summed E-state index contributed by atoms with van der Waals surface area (Å²) in [6, 6.07) is 0.207. The van der Waals surface area contributed by atoms with Crippen molar-refractivity contribution in [3.05, 3.63) is 0 Å². The summed E-state index contributed by atoms with van der Waals surface area (Å²) in [5.41, 5.74) is 0. The Balaban J connectivity index is 2.11. The molecule has 0 spiro atoms. The van der Waals surface area contributed by atoms with E-state index in [0.717, 1.165) is 0 Å². The molecule has 0 aromatic heterocycles. The van der Waals surface area contributed by atoms with Gasteiger partial charge in [0.2, 0.25) is 5.91 Å². The smallest absolute Gasteiger partial charge is 0.230 e. The lowest BCUT2D eigenvalue weighted by molar-refractivity contribution is -0.120. The zero-order valence-electron chi connectivity index (χ0n) is 9.04. The van der Waals surface area contributed by atoms with Gasteiger partial charge in [-0.1, -0.05) is 20.8 Å². The van der Waals surface area contributed by atoms with Gasteiger partial charge in [-0.15, -0.1) is 11.8 Å². The fraction of sp³-hybridized carbons (Fsp3) is 0.900. The van der Waals surface area contributed by atoms with Gasteiger partial charge in [-0.3, -0.25) is 4.79 Å². The van der Waals surface area contributed by atoms with Gasteiger partial charge < -0.3 is 10.4 Å². The van der Waals surface area contributed by atoms with E-state index in [1.54, 1.807) is 11.8 Å².